The second-order valence-corrected chi connectivity index (χ2v) is 6.12. The molecule has 4 unspecified atom stereocenters. The van der Waals surface area contributed by atoms with Crippen LogP contribution in [-0.2, 0) is 6.54 Å². The predicted molar refractivity (Wildman–Crippen MR) is 77.4 cm³/mol. The highest BCUT2D eigenvalue weighted by Crippen LogP contribution is 2.11. The van der Waals surface area contributed by atoms with Crippen molar-refractivity contribution in [2.75, 3.05) is 20.7 Å². The third kappa shape index (κ3) is 3.71. The van der Waals surface area contributed by atoms with Crippen LogP contribution in [0.15, 0.2) is 24.3 Å². The van der Waals surface area contributed by atoms with E-state index in [1.165, 1.54) is 18.5 Å². The van der Waals surface area contributed by atoms with Crippen molar-refractivity contribution in [1.82, 2.24) is 0 Å². The molecule has 0 aromatic heterocycles. The number of hydrogen-bond donors (Lipinski definition) is 2. The van der Waals surface area contributed by atoms with E-state index in [2.05, 4.69) is 38.3 Å². The lowest BCUT2D eigenvalue weighted by Crippen LogP contribution is -3.16. The minimum absolute atomic E-state index is 0.765. The van der Waals surface area contributed by atoms with Crippen molar-refractivity contribution < 1.29 is 15.0 Å². The minimum atomic E-state index is 0.765. The molecule has 0 saturated carbocycles. The second kappa shape index (κ2) is 6.40. The molecule has 4 atom stereocenters. The maximum atomic E-state index is 5.19. The van der Waals surface area contributed by atoms with E-state index in [1.54, 1.807) is 12.0 Å². The van der Waals surface area contributed by atoms with Crippen LogP contribution in [0.2, 0.25) is 0 Å². The molecule has 0 aliphatic carbocycles. The highest BCUT2D eigenvalue weighted by atomic mass is 16.5. The Labute approximate surface area is 116 Å². The summed E-state index contributed by atoms with van der Waals surface area (Å²) in [4.78, 5) is 1.68. The third-order valence-electron chi connectivity index (χ3n) is 4.66. The number of nitrogens with one attached hydrogen (secondary N) is 1. The zero-order valence-corrected chi connectivity index (χ0v) is 12.6. The van der Waals surface area contributed by atoms with Crippen molar-refractivity contribution in [2.45, 2.75) is 38.9 Å². The van der Waals surface area contributed by atoms with Gasteiger partial charge in [0.25, 0.3) is 0 Å². The summed E-state index contributed by atoms with van der Waals surface area (Å²) in [6.45, 7) is 7.13. The molecule has 3 N–H and O–H groups in total. The summed E-state index contributed by atoms with van der Waals surface area (Å²) in [6.07, 6.45) is 1.32. The van der Waals surface area contributed by atoms with Gasteiger partial charge in [-0.05, 0) is 31.2 Å². The van der Waals surface area contributed by atoms with E-state index in [9.17, 15) is 0 Å². The van der Waals surface area contributed by atoms with Crippen molar-refractivity contribution in [2.24, 2.45) is 5.92 Å². The van der Waals surface area contributed by atoms with Crippen LogP contribution < -0.4 is 15.0 Å². The molecule has 0 radical (unpaired) electrons. The number of rotatable bonds is 4. The van der Waals surface area contributed by atoms with Gasteiger partial charge in [0.2, 0.25) is 0 Å². The van der Waals surface area contributed by atoms with Gasteiger partial charge in [0, 0.05) is 5.56 Å². The molecule has 1 aromatic carbocycles. The zero-order chi connectivity index (χ0) is 13.8. The monoisotopic (exact) mass is 264 g/mol. The number of nitrogens with two attached hydrogens (primary N) is 1. The lowest BCUT2D eigenvalue weighted by Gasteiger charge is -2.35. The molecule has 1 aromatic rings. The standard InChI is InChI=1S/C16H26N2O/c1-12-11-18(3)13(2)9-16(12)17-10-14-5-7-15(19-4)8-6-14/h5-8,12-13,16-17H,9-11H2,1-4H3/p+2. The average molecular weight is 264 g/mol. The van der Waals surface area contributed by atoms with Gasteiger partial charge in [-0.2, -0.15) is 0 Å². The normalized spacial score (nSPS) is 31.2. The van der Waals surface area contributed by atoms with Crippen LogP contribution in [0.25, 0.3) is 0 Å². The number of quaternary nitrogens is 2. The Balaban J connectivity index is 1.87. The Bertz CT molecular complexity index is 390. The fourth-order valence-corrected chi connectivity index (χ4v) is 3.08. The van der Waals surface area contributed by atoms with Gasteiger partial charge in [-0.25, -0.2) is 0 Å². The Hall–Kier alpha value is -1.06. The fraction of sp³-hybridized carbons (Fsp3) is 0.625. The summed E-state index contributed by atoms with van der Waals surface area (Å²) in [6, 6.07) is 9.99. The zero-order valence-electron chi connectivity index (χ0n) is 12.6. The summed E-state index contributed by atoms with van der Waals surface area (Å²) in [5, 5.41) is 2.52. The van der Waals surface area contributed by atoms with Gasteiger partial charge in [-0.3, -0.25) is 0 Å². The average Bonchev–Trinajstić information content (AvgIpc) is 2.42. The lowest BCUT2D eigenvalue weighted by atomic mass is 9.90. The Morgan fingerprint density at radius 3 is 2.58 bits per heavy atom. The Morgan fingerprint density at radius 2 is 1.95 bits per heavy atom. The van der Waals surface area contributed by atoms with Gasteiger partial charge in [-0.1, -0.05) is 6.92 Å². The molecule has 1 aliphatic rings. The third-order valence-corrected chi connectivity index (χ3v) is 4.66. The second-order valence-electron chi connectivity index (χ2n) is 6.12. The first kappa shape index (κ1) is 14.4. The molecule has 0 spiro atoms. The molecule has 0 amide bonds. The quantitative estimate of drug-likeness (QED) is 0.792. The maximum absolute atomic E-state index is 5.19. The smallest absolute Gasteiger partial charge is 0.118 e. The van der Waals surface area contributed by atoms with Crippen LogP contribution in [0.4, 0.5) is 0 Å². The van der Waals surface area contributed by atoms with E-state index in [4.69, 9.17) is 4.74 Å². The van der Waals surface area contributed by atoms with E-state index in [0.717, 1.165) is 30.3 Å². The molecule has 19 heavy (non-hydrogen) atoms. The predicted octanol–water partition coefficient (Wildman–Crippen LogP) is 0.0702. The highest BCUT2D eigenvalue weighted by molar-refractivity contribution is 5.26. The van der Waals surface area contributed by atoms with Gasteiger partial charge in [-0.15, -0.1) is 0 Å². The molecule has 3 nitrogen and oxygen atoms in total. The first-order valence-electron chi connectivity index (χ1n) is 7.38. The van der Waals surface area contributed by atoms with E-state index in [1.807, 2.05) is 12.1 Å². The SMILES string of the molecule is COc1ccc(C[NH2+]C2CC(C)[NH+](C)CC2C)cc1. The van der Waals surface area contributed by atoms with Crippen molar-refractivity contribution in [1.29, 1.82) is 0 Å². The molecule has 0 bridgehead atoms. The number of hydrogen-bond acceptors (Lipinski definition) is 1. The van der Waals surface area contributed by atoms with Gasteiger partial charge in [0.15, 0.2) is 0 Å². The van der Waals surface area contributed by atoms with Crippen LogP contribution in [-0.4, -0.2) is 32.8 Å². The van der Waals surface area contributed by atoms with E-state index in [0.29, 0.717) is 0 Å². The number of ether oxygens (including phenoxy) is 1. The molecular weight excluding hydrogens is 236 g/mol. The summed E-state index contributed by atoms with van der Waals surface area (Å²) in [5.74, 6) is 1.74. The topological polar surface area (TPSA) is 30.3 Å². The molecule has 1 heterocycles. The van der Waals surface area contributed by atoms with Gasteiger partial charge < -0.3 is 15.0 Å². The van der Waals surface area contributed by atoms with E-state index >= 15 is 0 Å². The van der Waals surface area contributed by atoms with Crippen LogP contribution in [0.1, 0.15) is 25.8 Å². The molecular formula is C16H28N2O+2. The molecule has 106 valence electrons. The van der Waals surface area contributed by atoms with Crippen molar-refractivity contribution in [3.63, 3.8) is 0 Å². The number of methoxy groups -OCH3 is 1. The van der Waals surface area contributed by atoms with Crippen LogP contribution in [0.5, 0.6) is 5.75 Å². The fourth-order valence-electron chi connectivity index (χ4n) is 3.08. The lowest BCUT2D eigenvalue weighted by molar-refractivity contribution is -0.923. The van der Waals surface area contributed by atoms with Crippen molar-refractivity contribution >= 4 is 0 Å². The number of piperidine rings is 1. The van der Waals surface area contributed by atoms with Gasteiger partial charge >= 0.3 is 0 Å². The van der Waals surface area contributed by atoms with Crippen LogP contribution >= 0.6 is 0 Å². The minimum Gasteiger partial charge on any atom is -0.497 e. The Morgan fingerprint density at radius 1 is 1.26 bits per heavy atom. The molecule has 3 heteroatoms. The van der Waals surface area contributed by atoms with E-state index < -0.39 is 0 Å². The first-order chi connectivity index (χ1) is 9.10. The molecule has 2 rings (SSSR count). The number of benzene rings is 1. The largest absolute Gasteiger partial charge is 0.497 e. The van der Waals surface area contributed by atoms with Crippen LogP contribution in [0.3, 0.4) is 0 Å². The summed E-state index contributed by atoms with van der Waals surface area (Å²) < 4.78 is 5.19. The molecule has 1 fully saturated rings. The molecule has 1 aliphatic heterocycles. The number of likely N-dealkylation sites (tertiary alicyclic amines) is 1. The Kier molecular flexibility index (Phi) is 4.83. The van der Waals surface area contributed by atoms with Gasteiger partial charge in [0.1, 0.15) is 12.3 Å². The maximum Gasteiger partial charge on any atom is 0.118 e. The van der Waals surface area contributed by atoms with Crippen molar-refractivity contribution in [3.05, 3.63) is 29.8 Å². The molecule has 1 saturated heterocycles. The van der Waals surface area contributed by atoms with Crippen LogP contribution in [0, 0.1) is 5.92 Å². The summed E-state index contributed by atoms with van der Waals surface area (Å²) >= 11 is 0. The highest BCUT2D eigenvalue weighted by Gasteiger charge is 2.34. The summed E-state index contributed by atoms with van der Waals surface area (Å²) in [5.41, 5.74) is 1.38. The van der Waals surface area contributed by atoms with E-state index in [-0.39, 0.29) is 0 Å². The summed E-state index contributed by atoms with van der Waals surface area (Å²) in [7, 11) is 4.03. The van der Waals surface area contributed by atoms with Crippen molar-refractivity contribution in [3.8, 4) is 5.75 Å². The first-order valence-corrected chi connectivity index (χ1v) is 7.38. The van der Waals surface area contributed by atoms with Gasteiger partial charge in [0.05, 0.1) is 45.1 Å².